The molecule has 1 N–H and O–H groups in total. The summed E-state index contributed by atoms with van der Waals surface area (Å²) >= 11 is 11.6. The van der Waals surface area contributed by atoms with Crippen molar-refractivity contribution in [3.05, 3.63) is 63.5 Å². The molecule has 0 atom stereocenters. The maximum Gasteiger partial charge on any atom is 0.283 e. The summed E-state index contributed by atoms with van der Waals surface area (Å²) in [5.74, 6) is -0.836. The maximum atomic E-state index is 13.2. The molecule has 0 fully saturated rings. The number of hydrogen-bond donors (Lipinski definition) is 1. The molecule has 0 unspecified atom stereocenters. The third kappa shape index (κ3) is 4.88. The lowest BCUT2D eigenvalue weighted by molar-refractivity contribution is -0.117. The number of alkyl halides is 4. The third-order valence-corrected chi connectivity index (χ3v) is 4.49. The predicted molar refractivity (Wildman–Crippen MR) is 98.6 cm³/mol. The van der Waals surface area contributed by atoms with Crippen LogP contribution in [-0.4, -0.2) is 25.5 Å². The minimum absolute atomic E-state index is 0.00136. The molecule has 154 valence electrons. The molecular weight excluding hydrogens is 437 g/mol. The molecule has 6 nitrogen and oxygen atoms in total. The van der Waals surface area contributed by atoms with Crippen molar-refractivity contribution in [2.45, 2.75) is 25.9 Å². The molecular formula is C17H13Cl2F4N5O. The van der Waals surface area contributed by atoms with Crippen LogP contribution in [0.4, 0.5) is 23.4 Å². The molecule has 2 aromatic heterocycles. The Kier molecular flexibility index (Phi) is 6.43. The molecule has 0 aliphatic heterocycles. The first-order valence-electron chi connectivity index (χ1n) is 8.15. The van der Waals surface area contributed by atoms with Gasteiger partial charge in [0.1, 0.15) is 23.0 Å². The standard InChI is InChI=1S/C17H13Cl2F4N5O/c18-10-7-27(6-9-4-2-1-3-5-9)26-17(10)24-11(29)8-28-14(16(22)23)12(19)13(25-28)15(20)21/h1-5,7,15-16H,6,8H2,(H,24,26,29). The van der Waals surface area contributed by atoms with E-state index in [2.05, 4.69) is 15.5 Å². The Labute approximate surface area is 172 Å². The summed E-state index contributed by atoms with van der Waals surface area (Å²) < 4.78 is 54.0. The molecule has 0 aliphatic rings. The minimum atomic E-state index is -3.19. The smallest absolute Gasteiger partial charge is 0.283 e. The van der Waals surface area contributed by atoms with Gasteiger partial charge in [-0.15, -0.1) is 0 Å². The topological polar surface area (TPSA) is 64.7 Å². The van der Waals surface area contributed by atoms with Crippen molar-refractivity contribution in [3.8, 4) is 0 Å². The van der Waals surface area contributed by atoms with Gasteiger partial charge in [-0.2, -0.15) is 10.2 Å². The minimum Gasteiger partial charge on any atom is -0.306 e. The van der Waals surface area contributed by atoms with Crippen LogP contribution >= 0.6 is 23.2 Å². The summed E-state index contributed by atoms with van der Waals surface area (Å²) in [5, 5.41) is 9.06. The Morgan fingerprint density at radius 1 is 1.07 bits per heavy atom. The molecule has 0 bridgehead atoms. The van der Waals surface area contributed by atoms with E-state index in [-0.39, 0.29) is 10.8 Å². The lowest BCUT2D eigenvalue weighted by atomic mass is 10.2. The molecule has 12 heteroatoms. The molecule has 2 heterocycles. The Hall–Kier alpha value is -2.59. The van der Waals surface area contributed by atoms with E-state index in [1.807, 2.05) is 30.3 Å². The zero-order valence-corrected chi connectivity index (χ0v) is 16.0. The second-order valence-electron chi connectivity index (χ2n) is 5.90. The van der Waals surface area contributed by atoms with Crippen molar-refractivity contribution >= 4 is 34.9 Å². The van der Waals surface area contributed by atoms with Crippen LogP contribution in [0.25, 0.3) is 0 Å². The van der Waals surface area contributed by atoms with E-state index in [1.165, 1.54) is 10.9 Å². The molecule has 1 aromatic carbocycles. The van der Waals surface area contributed by atoms with E-state index in [9.17, 15) is 22.4 Å². The highest BCUT2D eigenvalue weighted by Gasteiger charge is 2.28. The van der Waals surface area contributed by atoms with E-state index in [0.717, 1.165) is 5.56 Å². The summed E-state index contributed by atoms with van der Waals surface area (Å²) in [6.07, 6.45) is -4.87. The van der Waals surface area contributed by atoms with Crippen molar-refractivity contribution in [3.63, 3.8) is 0 Å². The fourth-order valence-electron chi connectivity index (χ4n) is 2.58. The second kappa shape index (κ2) is 8.83. The normalized spacial score (nSPS) is 11.4. The summed E-state index contributed by atoms with van der Waals surface area (Å²) in [5.41, 5.74) is -1.03. The fraction of sp³-hybridized carbons (Fsp3) is 0.235. The average Bonchev–Trinajstić information content (AvgIpc) is 3.15. The number of rotatable bonds is 7. The second-order valence-corrected chi connectivity index (χ2v) is 6.69. The van der Waals surface area contributed by atoms with Crippen LogP contribution in [0, 0.1) is 0 Å². The molecule has 29 heavy (non-hydrogen) atoms. The number of benzene rings is 1. The quantitative estimate of drug-likeness (QED) is 0.519. The van der Waals surface area contributed by atoms with Gasteiger partial charge in [0.2, 0.25) is 5.91 Å². The Bertz CT molecular complexity index is 1010. The number of nitrogens with one attached hydrogen (secondary N) is 1. The van der Waals surface area contributed by atoms with Gasteiger partial charge in [0.25, 0.3) is 12.9 Å². The zero-order chi connectivity index (χ0) is 21.1. The Balaban J connectivity index is 1.74. The van der Waals surface area contributed by atoms with Crippen LogP contribution in [0.15, 0.2) is 36.5 Å². The van der Waals surface area contributed by atoms with Crippen molar-refractivity contribution in [2.75, 3.05) is 5.32 Å². The van der Waals surface area contributed by atoms with Gasteiger partial charge >= 0.3 is 0 Å². The molecule has 3 aromatic rings. The number of anilines is 1. The van der Waals surface area contributed by atoms with Crippen LogP contribution in [0.3, 0.4) is 0 Å². The van der Waals surface area contributed by atoms with Gasteiger partial charge < -0.3 is 5.32 Å². The number of hydrogen-bond acceptors (Lipinski definition) is 3. The zero-order valence-electron chi connectivity index (χ0n) is 14.5. The SMILES string of the molecule is O=C(Cn1nc(C(F)F)c(Cl)c1C(F)F)Nc1nn(Cc2ccccc2)cc1Cl. The van der Waals surface area contributed by atoms with E-state index in [1.54, 1.807) is 0 Å². The summed E-state index contributed by atoms with van der Waals surface area (Å²) in [6, 6.07) is 9.32. The molecule has 0 radical (unpaired) electrons. The van der Waals surface area contributed by atoms with Crippen LogP contribution < -0.4 is 5.32 Å². The predicted octanol–water partition coefficient (Wildman–Crippen LogP) is 4.95. The van der Waals surface area contributed by atoms with Gasteiger partial charge in [0.15, 0.2) is 5.82 Å². The lowest BCUT2D eigenvalue weighted by Crippen LogP contribution is -2.21. The van der Waals surface area contributed by atoms with Crippen molar-refractivity contribution in [2.24, 2.45) is 0 Å². The maximum absolute atomic E-state index is 13.2. The molecule has 0 saturated carbocycles. The van der Waals surface area contributed by atoms with E-state index >= 15 is 0 Å². The number of amides is 1. The monoisotopic (exact) mass is 449 g/mol. The highest BCUT2D eigenvalue weighted by atomic mass is 35.5. The van der Waals surface area contributed by atoms with Crippen LogP contribution in [-0.2, 0) is 17.9 Å². The van der Waals surface area contributed by atoms with E-state index in [4.69, 9.17) is 23.2 Å². The molecule has 0 saturated heterocycles. The Morgan fingerprint density at radius 2 is 1.76 bits per heavy atom. The highest BCUT2D eigenvalue weighted by Crippen LogP contribution is 2.34. The molecule has 3 rings (SSSR count). The van der Waals surface area contributed by atoms with Crippen molar-refractivity contribution in [1.29, 1.82) is 0 Å². The van der Waals surface area contributed by atoms with Gasteiger partial charge in [-0.1, -0.05) is 53.5 Å². The average molecular weight is 450 g/mol. The van der Waals surface area contributed by atoms with Crippen LogP contribution in [0.1, 0.15) is 29.8 Å². The van der Waals surface area contributed by atoms with Gasteiger partial charge in [-0.25, -0.2) is 17.6 Å². The summed E-state index contributed by atoms with van der Waals surface area (Å²) in [6.45, 7) is -0.382. The van der Waals surface area contributed by atoms with Gasteiger partial charge in [-0.3, -0.25) is 14.2 Å². The van der Waals surface area contributed by atoms with Crippen molar-refractivity contribution in [1.82, 2.24) is 19.6 Å². The molecule has 0 aliphatic carbocycles. The summed E-state index contributed by atoms with van der Waals surface area (Å²) in [4.78, 5) is 12.2. The van der Waals surface area contributed by atoms with E-state index < -0.39 is 41.7 Å². The number of nitrogens with zero attached hydrogens (tertiary/aromatic N) is 4. The largest absolute Gasteiger partial charge is 0.306 e. The first kappa shape index (κ1) is 21.1. The highest BCUT2D eigenvalue weighted by molar-refractivity contribution is 6.33. The number of aromatic nitrogens is 4. The van der Waals surface area contributed by atoms with E-state index in [0.29, 0.717) is 11.2 Å². The fourth-order valence-corrected chi connectivity index (χ4v) is 3.08. The Morgan fingerprint density at radius 3 is 2.38 bits per heavy atom. The van der Waals surface area contributed by atoms with Crippen LogP contribution in [0.5, 0.6) is 0 Å². The number of halogens is 6. The van der Waals surface area contributed by atoms with Crippen molar-refractivity contribution < 1.29 is 22.4 Å². The molecule has 0 spiro atoms. The molecule has 1 amide bonds. The number of carbonyl (C=O) groups is 1. The van der Waals surface area contributed by atoms with Gasteiger partial charge in [-0.05, 0) is 5.56 Å². The number of carbonyl (C=O) groups excluding carboxylic acids is 1. The first-order valence-corrected chi connectivity index (χ1v) is 8.91. The first-order chi connectivity index (χ1) is 13.8. The third-order valence-electron chi connectivity index (χ3n) is 3.83. The van der Waals surface area contributed by atoms with Gasteiger partial charge in [0.05, 0.1) is 11.6 Å². The van der Waals surface area contributed by atoms with Crippen LogP contribution in [0.2, 0.25) is 10.0 Å². The summed E-state index contributed by atoms with van der Waals surface area (Å²) in [7, 11) is 0. The lowest BCUT2D eigenvalue weighted by Gasteiger charge is -2.07. The van der Waals surface area contributed by atoms with Gasteiger partial charge in [0, 0.05) is 6.20 Å².